The molecule has 4 heteroatoms. The van der Waals surface area contributed by atoms with Crippen LogP contribution in [0.5, 0.6) is 5.75 Å². The molecular weight excluding hydrogens is 211 g/mol. The third-order valence-electron chi connectivity index (χ3n) is 2.19. The molecule has 3 nitrogen and oxygen atoms in total. The van der Waals surface area contributed by atoms with E-state index >= 15 is 0 Å². The molecule has 82 valence electrons. The van der Waals surface area contributed by atoms with Gasteiger partial charge in [0.1, 0.15) is 5.76 Å². The van der Waals surface area contributed by atoms with Gasteiger partial charge in [0.15, 0.2) is 23.6 Å². The van der Waals surface area contributed by atoms with E-state index in [1.807, 2.05) is 0 Å². The van der Waals surface area contributed by atoms with Gasteiger partial charge in [0.25, 0.3) is 0 Å². The van der Waals surface area contributed by atoms with Crippen LogP contribution in [0.25, 0.3) is 11.3 Å². The summed E-state index contributed by atoms with van der Waals surface area (Å²) >= 11 is 0. The van der Waals surface area contributed by atoms with Gasteiger partial charge in [0, 0.05) is 0 Å². The Kier molecular flexibility index (Phi) is 2.72. The summed E-state index contributed by atoms with van der Waals surface area (Å²) < 4.78 is 23.8. The van der Waals surface area contributed by atoms with Gasteiger partial charge < -0.3 is 9.15 Å². The molecule has 0 spiro atoms. The van der Waals surface area contributed by atoms with Gasteiger partial charge >= 0.3 is 0 Å². The van der Waals surface area contributed by atoms with Gasteiger partial charge in [-0.3, -0.25) is 4.79 Å². The van der Waals surface area contributed by atoms with Gasteiger partial charge in [-0.2, -0.15) is 0 Å². The fourth-order valence-corrected chi connectivity index (χ4v) is 1.42. The lowest BCUT2D eigenvalue weighted by molar-refractivity contribution is 0.110. The number of hydrogen-bond acceptors (Lipinski definition) is 3. The van der Waals surface area contributed by atoms with Crippen LogP contribution in [0, 0.1) is 5.82 Å². The number of methoxy groups -OCH3 is 1. The normalized spacial score (nSPS) is 10.1. The molecule has 0 saturated carbocycles. The first-order valence-corrected chi connectivity index (χ1v) is 4.64. The van der Waals surface area contributed by atoms with E-state index in [0.717, 1.165) is 0 Å². The highest BCUT2D eigenvalue weighted by Gasteiger charge is 2.13. The molecule has 0 amide bonds. The predicted octanol–water partition coefficient (Wildman–Crippen LogP) is 2.91. The Bertz CT molecular complexity index is 517. The maximum atomic E-state index is 13.8. The van der Waals surface area contributed by atoms with Crippen LogP contribution in [-0.2, 0) is 0 Å². The molecule has 1 aromatic heterocycles. The molecule has 1 aromatic carbocycles. The van der Waals surface area contributed by atoms with E-state index in [2.05, 4.69) is 0 Å². The summed E-state index contributed by atoms with van der Waals surface area (Å²) in [6.07, 6.45) is 0.571. The Morgan fingerprint density at radius 1 is 1.31 bits per heavy atom. The smallest absolute Gasteiger partial charge is 0.185 e. The molecule has 0 aliphatic carbocycles. The first kappa shape index (κ1) is 10.4. The van der Waals surface area contributed by atoms with Gasteiger partial charge in [-0.15, -0.1) is 0 Å². The summed E-state index contributed by atoms with van der Waals surface area (Å²) in [5.41, 5.74) is 0.271. The first-order valence-electron chi connectivity index (χ1n) is 4.64. The number of ether oxygens (including phenoxy) is 1. The van der Waals surface area contributed by atoms with Crippen LogP contribution in [0.2, 0.25) is 0 Å². The topological polar surface area (TPSA) is 39.4 Å². The second kappa shape index (κ2) is 4.18. The fourth-order valence-electron chi connectivity index (χ4n) is 1.42. The van der Waals surface area contributed by atoms with E-state index in [9.17, 15) is 9.18 Å². The average Bonchev–Trinajstić information content (AvgIpc) is 2.78. The zero-order valence-corrected chi connectivity index (χ0v) is 8.57. The molecule has 0 bridgehead atoms. The third kappa shape index (κ3) is 1.69. The zero-order valence-electron chi connectivity index (χ0n) is 8.57. The summed E-state index contributed by atoms with van der Waals surface area (Å²) in [5, 5.41) is 0. The van der Waals surface area contributed by atoms with Gasteiger partial charge in [0.2, 0.25) is 0 Å². The Morgan fingerprint density at radius 2 is 2.12 bits per heavy atom. The van der Waals surface area contributed by atoms with E-state index in [1.54, 1.807) is 18.2 Å². The van der Waals surface area contributed by atoms with Crippen LogP contribution in [0.4, 0.5) is 4.39 Å². The van der Waals surface area contributed by atoms with Crippen molar-refractivity contribution in [2.24, 2.45) is 0 Å². The summed E-state index contributed by atoms with van der Waals surface area (Å²) in [5.74, 6) is 0.106. The number of halogens is 1. The lowest BCUT2D eigenvalue weighted by Crippen LogP contribution is -1.90. The molecule has 0 radical (unpaired) electrons. The minimum absolute atomic E-state index is 0.140. The first-order chi connectivity index (χ1) is 7.76. The number of carbonyl (C=O) groups excluding carboxylic acids is 1. The molecule has 0 fully saturated rings. The molecule has 0 saturated heterocycles. The average molecular weight is 220 g/mol. The number of benzene rings is 1. The lowest BCUT2D eigenvalue weighted by atomic mass is 10.1. The van der Waals surface area contributed by atoms with Crippen LogP contribution in [0.3, 0.4) is 0 Å². The molecule has 0 N–H and O–H groups in total. The van der Waals surface area contributed by atoms with Crippen LogP contribution in [-0.4, -0.2) is 13.4 Å². The number of carbonyl (C=O) groups is 1. The number of aldehydes is 1. The predicted molar refractivity (Wildman–Crippen MR) is 56.0 cm³/mol. The highest BCUT2D eigenvalue weighted by Crippen LogP contribution is 2.29. The van der Waals surface area contributed by atoms with E-state index in [1.165, 1.54) is 19.2 Å². The highest BCUT2D eigenvalue weighted by molar-refractivity contribution is 5.73. The lowest BCUT2D eigenvalue weighted by Gasteiger charge is -2.04. The van der Waals surface area contributed by atoms with E-state index in [-0.39, 0.29) is 17.1 Å². The SMILES string of the molecule is COc1cccc(-c2ccc(C=O)o2)c1F. The van der Waals surface area contributed by atoms with E-state index in [4.69, 9.17) is 9.15 Å². The minimum Gasteiger partial charge on any atom is -0.494 e. The Morgan fingerprint density at radius 3 is 2.75 bits per heavy atom. The molecule has 2 aromatic rings. The summed E-state index contributed by atoms with van der Waals surface area (Å²) in [6.45, 7) is 0. The summed E-state index contributed by atoms with van der Waals surface area (Å²) in [6, 6.07) is 7.76. The molecule has 2 rings (SSSR count). The largest absolute Gasteiger partial charge is 0.494 e. The Labute approximate surface area is 91.5 Å². The van der Waals surface area contributed by atoms with Crippen LogP contribution >= 0.6 is 0 Å². The van der Waals surface area contributed by atoms with Gasteiger partial charge in [-0.1, -0.05) is 6.07 Å². The molecule has 0 unspecified atom stereocenters. The molecule has 16 heavy (non-hydrogen) atoms. The van der Waals surface area contributed by atoms with Crippen molar-refractivity contribution in [2.75, 3.05) is 7.11 Å². The van der Waals surface area contributed by atoms with Crippen LogP contribution < -0.4 is 4.74 Å². The monoisotopic (exact) mass is 220 g/mol. The van der Waals surface area contributed by atoms with Gasteiger partial charge in [-0.05, 0) is 24.3 Å². The van der Waals surface area contributed by atoms with Crippen molar-refractivity contribution in [3.05, 3.63) is 41.9 Å². The molecule has 0 aliphatic heterocycles. The third-order valence-corrected chi connectivity index (χ3v) is 2.19. The van der Waals surface area contributed by atoms with Crippen molar-refractivity contribution in [1.82, 2.24) is 0 Å². The van der Waals surface area contributed by atoms with Crippen LogP contribution in [0.15, 0.2) is 34.7 Å². The number of furan rings is 1. The van der Waals surface area contributed by atoms with Crippen molar-refractivity contribution >= 4 is 6.29 Å². The standard InChI is InChI=1S/C12H9FO3/c1-15-11-4-2-3-9(12(11)13)10-6-5-8(7-14)16-10/h2-7H,1H3. The van der Waals surface area contributed by atoms with Gasteiger partial charge in [-0.25, -0.2) is 4.39 Å². The fraction of sp³-hybridized carbons (Fsp3) is 0.0833. The summed E-state index contributed by atoms with van der Waals surface area (Å²) in [7, 11) is 1.39. The second-order valence-electron chi connectivity index (χ2n) is 3.14. The minimum atomic E-state index is -0.503. The second-order valence-corrected chi connectivity index (χ2v) is 3.14. The van der Waals surface area contributed by atoms with Crippen molar-refractivity contribution in [2.45, 2.75) is 0 Å². The van der Waals surface area contributed by atoms with Crippen LogP contribution in [0.1, 0.15) is 10.6 Å². The molecule has 0 atom stereocenters. The molecular formula is C12H9FO3. The number of hydrogen-bond donors (Lipinski definition) is 0. The van der Waals surface area contributed by atoms with E-state index in [0.29, 0.717) is 12.0 Å². The van der Waals surface area contributed by atoms with Crippen molar-refractivity contribution in [3.8, 4) is 17.1 Å². The maximum absolute atomic E-state index is 13.8. The summed E-state index contributed by atoms with van der Waals surface area (Å²) in [4.78, 5) is 10.4. The quantitative estimate of drug-likeness (QED) is 0.746. The molecule has 0 aliphatic rings. The van der Waals surface area contributed by atoms with Crippen molar-refractivity contribution in [1.29, 1.82) is 0 Å². The van der Waals surface area contributed by atoms with Gasteiger partial charge in [0.05, 0.1) is 12.7 Å². The number of rotatable bonds is 3. The highest BCUT2D eigenvalue weighted by atomic mass is 19.1. The Balaban J connectivity index is 2.51. The molecule has 1 heterocycles. The Hall–Kier alpha value is -2.10. The maximum Gasteiger partial charge on any atom is 0.185 e. The van der Waals surface area contributed by atoms with Crippen molar-refractivity contribution < 1.29 is 18.3 Å². The zero-order chi connectivity index (χ0) is 11.5. The van der Waals surface area contributed by atoms with Crippen molar-refractivity contribution in [3.63, 3.8) is 0 Å². The van der Waals surface area contributed by atoms with E-state index < -0.39 is 5.82 Å².